The van der Waals surface area contributed by atoms with Gasteiger partial charge in [0.2, 0.25) is 11.0 Å². The minimum absolute atomic E-state index is 0.124. The number of benzene rings is 1. The molecule has 3 rings (SSSR count). The van der Waals surface area contributed by atoms with Gasteiger partial charge in [-0.05, 0) is 17.2 Å². The molecule has 0 bridgehead atoms. The highest BCUT2D eigenvalue weighted by Crippen LogP contribution is 2.27. The molecule has 2 aromatic heterocycles. The summed E-state index contributed by atoms with van der Waals surface area (Å²) >= 11 is 4.56. The zero-order valence-corrected chi connectivity index (χ0v) is 17.3. The topological polar surface area (TPSA) is 67.8 Å². The van der Waals surface area contributed by atoms with Crippen molar-refractivity contribution >= 4 is 45.5 Å². The van der Waals surface area contributed by atoms with Crippen LogP contribution in [-0.2, 0) is 11.2 Å². The average Bonchev–Trinajstić information content (AvgIpc) is 3.25. The van der Waals surface area contributed by atoms with Gasteiger partial charge in [0.25, 0.3) is 0 Å². The van der Waals surface area contributed by atoms with Crippen molar-refractivity contribution in [2.75, 3.05) is 11.1 Å². The van der Waals surface area contributed by atoms with E-state index in [1.807, 2.05) is 5.38 Å². The van der Waals surface area contributed by atoms with Crippen molar-refractivity contribution < 1.29 is 4.79 Å². The molecule has 136 valence electrons. The largest absolute Gasteiger partial charge is 0.300 e. The first-order valence-corrected chi connectivity index (χ1v) is 11.0. The molecular formula is C18H20N4OS3. The summed E-state index contributed by atoms with van der Waals surface area (Å²) in [5.41, 5.74) is 3.15. The second kappa shape index (κ2) is 8.75. The number of hydrogen-bond donors (Lipinski definition) is 1. The Kier molecular flexibility index (Phi) is 6.39. The van der Waals surface area contributed by atoms with E-state index in [0.717, 1.165) is 26.4 Å². The third-order valence-electron chi connectivity index (χ3n) is 3.64. The lowest BCUT2D eigenvalue weighted by atomic mass is 10.0. The van der Waals surface area contributed by atoms with E-state index in [2.05, 4.69) is 65.5 Å². The monoisotopic (exact) mass is 404 g/mol. The highest BCUT2D eigenvalue weighted by molar-refractivity contribution is 8.01. The maximum Gasteiger partial charge on any atom is 0.232 e. The van der Waals surface area contributed by atoms with Gasteiger partial charge in [-0.3, -0.25) is 4.79 Å². The molecule has 0 radical (unpaired) electrons. The van der Waals surface area contributed by atoms with Crippen LogP contribution in [0.2, 0.25) is 0 Å². The zero-order chi connectivity index (χ0) is 18.5. The van der Waals surface area contributed by atoms with Crippen LogP contribution in [0.3, 0.4) is 0 Å². The van der Waals surface area contributed by atoms with Gasteiger partial charge in [-0.25, -0.2) is 4.98 Å². The lowest BCUT2D eigenvalue weighted by molar-refractivity contribution is -0.115. The number of aromatic nitrogens is 3. The van der Waals surface area contributed by atoms with Crippen LogP contribution in [0.5, 0.6) is 0 Å². The molecule has 0 aliphatic carbocycles. The second-order valence-electron chi connectivity index (χ2n) is 5.95. The van der Waals surface area contributed by atoms with Crippen molar-refractivity contribution in [3.05, 3.63) is 40.9 Å². The van der Waals surface area contributed by atoms with E-state index in [1.54, 1.807) is 23.1 Å². The highest BCUT2D eigenvalue weighted by Gasteiger charge is 2.12. The summed E-state index contributed by atoms with van der Waals surface area (Å²) in [6.07, 6.45) is 0.233. The van der Waals surface area contributed by atoms with Gasteiger partial charge in [0.05, 0.1) is 12.1 Å². The Morgan fingerprint density at radius 2 is 2.00 bits per heavy atom. The zero-order valence-electron chi connectivity index (χ0n) is 14.9. The lowest BCUT2D eigenvalue weighted by Crippen LogP contribution is -2.14. The van der Waals surface area contributed by atoms with Gasteiger partial charge < -0.3 is 5.32 Å². The summed E-state index contributed by atoms with van der Waals surface area (Å²) < 4.78 is 0.864. The van der Waals surface area contributed by atoms with Crippen LogP contribution in [0, 0.1) is 0 Å². The number of nitrogens with one attached hydrogen (secondary N) is 1. The predicted molar refractivity (Wildman–Crippen MR) is 110 cm³/mol. The molecule has 0 saturated heterocycles. The van der Waals surface area contributed by atoms with Gasteiger partial charge >= 0.3 is 0 Å². The third-order valence-corrected chi connectivity index (χ3v) is 6.43. The Bertz CT molecular complexity index is 871. The van der Waals surface area contributed by atoms with Gasteiger partial charge in [-0.15, -0.1) is 21.5 Å². The molecular weight excluding hydrogens is 384 g/mol. The molecule has 0 aliphatic rings. The van der Waals surface area contributed by atoms with Crippen molar-refractivity contribution in [2.45, 2.75) is 37.4 Å². The standard InChI is InChI=1S/C18H20N4OS3/c1-4-24-18-22-21-17(26-18)20-15(23)9-14-10-25-16(19-14)13-7-5-12(6-8-13)11(2)3/h5-8,10-11H,4,9H2,1-3H3,(H,20,21,23). The fraction of sp³-hybridized carbons (Fsp3) is 0.333. The van der Waals surface area contributed by atoms with Crippen molar-refractivity contribution in [2.24, 2.45) is 0 Å². The molecule has 3 aromatic rings. The molecule has 0 unspecified atom stereocenters. The number of carbonyl (C=O) groups excluding carboxylic acids is 1. The summed E-state index contributed by atoms with van der Waals surface area (Å²) in [6, 6.07) is 8.45. The molecule has 26 heavy (non-hydrogen) atoms. The van der Waals surface area contributed by atoms with E-state index in [9.17, 15) is 4.79 Å². The van der Waals surface area contributed by atoms with Crippen LogP contribution in [-0.4, -0.2) is 26.8 Å². The molecule has 0 saturated carbocycles. The Labute approximate surface area is 165 Å². The quantitative estimate of drug-likeness (QED) is 0.439. The van der Waals surface area contributed by atoms with E-state index in [0.29, 0.717) is 11.0 Å². The Morgan fingerprint density at radius 3 is 2.69 bits per heavy atom. The van der Waals surface area contributed by atoms with Crippen LogP contribution in [0.4, 0.5) is 5.13 Å². The van der Waals surface area contributed by atoms with Gasteiger partial charge in [0, 0.05) is 10.9 Å². The Hall–Kier alpha value is -1.77. The molecule has 2 heterocycles. The van der Waals surface area contributed by atoms with E-state index in [4.69, 9.17) is 0 Å². The number of nitrogens with zero attached hydrogens (tertiary/aromatic N) is 3. The molecule has 8 heteroatoms. The number of anilines is 1. The smallest absolute Gasteiger partial charge is 0.232 e. The highest BCUT2D eigenvalue weighted by atomic mass is 32.2. The average molecular weight is 405 g/mol. The second-order valence-corrected chi connectivity index (χ2v) is 9.30. The Morgan fingerprint density at radius 1 is 1.23 bits per heavy atom. The molecule has 0 fully saturated rings. The maximum atomic E-state index is 12.2. The van der Waals surface area contributed by atoms with Crippen LogP contribution in [0.25, 0.3) is 10.6 Å². The van der Waals surface area contributed by atoms with Crippen molar-refractivity contribution in [3.63, 3.8) is 0 Å². The van der Waals surface area contributed by atoms with Gasteiger partial charge in [-0.1, -0.05) is 68.1 Å². The van der Waals surface area contributed by atoms with E-state index in [1.165, 1.54) is 16.9 Å². The first kappa shape index (κ1) is 19.0. The van der Waals surface area contributed by atoms with Crippen molar-refractivity contribution in [1.82, 2.24) is 15.2 Å². The van der Waals surface area contributed by atoms with E-state index >= 15 is 0 Å². The van der Waals surface area contributed by atoms with E-state index < -0.39 is 0 Å². The molecule has 1 aromatic carbocycles. The fourth-order valence-corrected chi connectivity index (χ4v) is 4.79. The first-order valence-electron chi connectivity index (χ1n) is 8.36. The first-order chi connectivity index (χ1) is 12.5. The number of amides is 1. The number of carbonyl (C=O) groups is 1. The van der Waals surface area contributed by atoms with Crippen molar-refractivity contribution in [3.8, 4) is 10.6 Å². The SMILES string of the molecule is CCSc1nnc(NC(=O)Cc2csc(-c3ccc(C(C)C)cc3)n2)s1. The summed E-state index contributed by atoms with van der Waals surface area (Å²) in [7, 11) is 0. The number of thioether (sulfide) groups is 1. The van der Waals surface area contributed by atoms with Crippen LogP contribution in [0.15, 0.2) is 34.0 Å². The minimum atomic E-state index is -0.124. The number of thiazole rings is 1. The molecule has 1 amide bonds. The van der Waals surface area contributed by atoms with E-state index in [-0.39, 0.29) is 12.3 Å². The fourth-order valence-electron chi connectivity index (χ4n) is 2.30. The maximum absolute atomic E-state index is 12.2. The van der Waals surface area contributed by atoms with Gasteiger partial charge in [-0.2, -0.15) is 0 Å². The minimum Gasteiger partial charge on any atom is -0.300 e. The normalized spacial score (nSPS) is 11.1. The molecule has 0 aliphatic heterocycles. The molecule has 1 N–H and O–H groups in total. The molecule has 0 spiro atoms. The number of rotatable bonds is 7. The van der Waals surface area contributed by atoms with Crippen LogP contribution < -0.4 is 5.32 Å². The third kappa shape index (κ3) is 4.90. The van der Waals surface area contributed by atoms with Crippen LogP contribution in [0.1, 0.15) is 37.9 Å². The predicted octanol–water partition coefficient (Wildman–Crippen LogP) is 5.08. The van der Waals surface area contributed by atoms with Gasteiger partial charge in [0.1, 0.15) is 5.01 Å². The lowest BCUT2D eigenvalue weighted by Gasteiger charge is -2.05. The number of hydrogen-bond acceptors (Lipinski definition) is 7. The summed E-state index contributed by atoms with van der Waals surface area (Å²) in [5, 5.41) is 14.2. The summed E-state index contributed by atoms with van der Waals surface area (Å²) in [4.78, 5) is 16.8. The Balaban J connectivity index is 1.61. The molecule has 0 atom stereocenters. The summed E-state index contributed by atoms with van der Waals surface area (Å²) in [6.45, 7) is 6.41. The van der Waals surface area contributed by atoms with Gasteiger partial charge in [0.15, 0.2) is 4.34 Å². The van der Waals surface area contributed by atoms with Crippen LogP contribution >= 0.6 is 34.4 Å². The summed E-state index contributed by atoms with van der Waals surface area (Å²) in [5.74, 6) is 1.32. The molecule has 5 nitrogen and oxygen atoms in total. The van der Waals surface area contributed by atoms with Crippen molar-refractivity contribution in [1.29, 1.82) is 0 Å².